The summed E-state index contributed by atoms with van der Waals surface area (Å²) in [7, 11) is 0. The molecule has 0 aromatic carbocycles. The minimum Gasteiger partial charge on any atom is -0.311 e. The van der Waals surface area contributed by atoms with Gasteiger partial charge in [0.15, 0.2) is 0 Å². The summed E-state index contributed by atoms with van der Waals surface area (Å²) in [5.74, 6) is 0. The molecule has 2 rings (SSSR count). The molecule has 5 heteroatoms. The van der Waals surface area contributed by atoms with Crippen LogP contribution in [0, 0.1) is 13.8 Å². The molecule has 0 atom stereocenters. The highest BCUT2D eigenvalue weighted by Gasteiger charge is 2.01. The Bertz CT molecular complexity index is 512. The highest BCUT2D eigenvalue weighted by atomic mass is 15.3. The molecular formula is C14H23N5. The van der Waals surface area contributed by atoms with Crippen LogP contribution in [0.5, 0.6) is 0 Å². The van der Waals surface area contributed by atoms with Gasteiger partial charge in [0, 0.05) is 31.5 Å². The van der Waals surface area contributed by atoms with E-state index in [1.54, 1.807) is 0 Å². The Morgan fingerprint density at radius 2 is 2.11 bits per heavy atom. The molecule has 19 heavy (non-hydrogen) atoms. The minimum absolute atomic E-state index is 0.880. The lowest BCUT2D eigenvalue weighted by atomic mass is 10.3. The molecule has 2 aromatic rings. The van der Waals surface area contributed by atoms with Crippen LogP contribution in [0.25, 0.3) is 0 Å². The fraction of sp³-hybridized carbons (Fsp3) is 0.571. The van der Waals surface area contributed by atoms with Gasteiger partial charge in [-0.15, -0.1) is 0 Å². The van der Waals surface area contributed by atoms with Crippen LogP contribution in [-0.2, 0) is 19.6 Å². The van der Waals surface area contributed by atoms with Crippen molar-refractivity contribution in [3.8, 4) is 0 Å². The Morgan fingerprint density at radius 3 is 2.79 bits per heavy atom. The third-order valence-electron chi connectivity index (χ3n) is 3.24. The zero-order valence-corrected chi connectivity index (χ0v) is 12.1. The van der Waals surface area contributed by atoms with Gasteiger partial charge in [-0.3, -0.25) is 9.36 Å². The van der Waals surface area contributed by atoms with Crippen molar-refractivity contribution < 1.29 is 0 Å². The van der Waals surface area contributed by atoms with Crippen LogP contribution in [-0.4, -0.2) is 26.1 Å². The third-order valence-corrected chi connectivity index (χ3v) is 3.24. The summed E-state index contributed by atoms with van der Waals surface area (Å²) >= 11 is 0. The number of nitrogens with one attached hydrogen (secondary N) is 1. The molecule has 0 saturated heterocycles. The second-order valence-electron chi connectivity index (χ2n) is 4.82. The van der Waals surface area contributed by atoms with Crippen LogP contribution in [0.2, 0.25) is 0 Å². The number of hydrogen-bond acceptors (Lipinski definition) is 3. The van der Waals surface area contributed by atoms with Crippen molar-refractivity contribution >= 4 is 0 Å². The van der Waals surface area contributed by atoms with Gasteiger partial charge in [-0.25, -0.2) is 0 Å². The SMILES string of the molecule is CCn1nccc1CNCCCn1nc(C)cc1C. The Kier molecular flexibility index (Phi) is 4.74. The summed E-state index contributed by atoms with van der Waals surface area (Å²) < 4.78 is 4.10. The zero-order chi connectivity index (χ0) is 13.7. The van der Waals surface area contributed by atoms with Crippen molar-refractivity contribution in [2.75, 3.05) is 6.54 Å². The van der Waals surface area contributed by atoms with Gasteiger partial charge in [0.25, 0.3) is 0 Å². The van der Waals surface area contributed by atoms with Gasteiger partial charge in [-0.2, -0.15) is 10.2 Å². The molecule has 5 nitrogen and oxygen atoms in total. The zero-order valence-electron chi connectivity index (χ0n) is 12.1. The fourth-order valence-corrected chi connectivity index (χ4v) is 2.27. The number of aryl methyl sites for hydroxylation is 4. The second-order valence-corrected chi connectivity index (χ2v) is 4.82. The summed E-state index contributed by atoms with van der Waals surface area (Å²) in [5.41, 5.74) is 3.58. The Balaban J connectivity index is 1.69. The van der Waals surface area contributed by atoms with Gasteiger partial charge >= 0.3 is 0 Å². The highest BCUT2D eigenvalue weighted by Crippen LogP contribution is 2.02. The molecule has 2 heterocycles. The molecule has 0 spiro atoms. The van der Waals surface area contributed by atoms with E-state index in [2.05, 4.69) is 46.2 Å². The van der Waals surface area contributed by atoms with Crippen LogP contribution in [0.1, 0.15) is 30.4 Å². The van der Waals surface area contributed by atoms with Crippen molar-refractivity contribution in [3.63, 3.8) is 0 Å². The summed E-state index contributed by atoms with van der Waals surface area (Å²) in [4.78, 5) is 0. The molecule has 0 aliphatic heterocycles. The number of rotatable bonds is 7. The van der Waals surface area contributed by atoms with Gasteiger partial charge in [0.1, 0.15) is 0 Å². The lowest BCUT2D eigenvalue weighted by Crippen LogP contribution is -2.19. The van der Waals surface area contributed by atoms with E-state index in [0.717, 1.165) is 38.3 Å². The Hall–Kier alpha value is -1.62. The van der Waals surface area contributed by atoms with Gasteiger partial charge in [-0.05, 0) is 45.9 Å². The van der Waals surface area contributed by atoms with Crippen molar-refractivity contribution in [3.05, 3.63) is 35.4 Å². The summed E-state index contributed by atoms with van der Waals surface area (Å²) in [6.07, 6.45) is 2.94. The molecule has 0 radical (unpaired) electrons. The van der Waals surface area contributed by atoms with Crippen LogP contribution in [0.15, 0.2) is 18.3 Å². The smallest absolute Gasteiger partial charge is 0.0596 e. The number of nitrogens with zero attached hydrogens (tertiary/aromatic N) is 4. The van der Waals surface area contributed by atoms with E-state index in [-0.39, 0.29) is 0 Å². The maximum Gasteiger partial charge on any atom is 0.0596 e. The van der Waals surface area contributed by atoms with E-state index in [4.69, 9.17) is 0 Å². The lowest BCUT2D eigenvalue weighted by molar-refractivity contribution is 0.519. The predicted octanol–water partition coefficient (Wildman–Crippen LogP) is 1.90. The lowest BCUT2D eigenvalue weighted by Gasteiger charge is -2.07. The molecule has 0 unspecified atom stereocenters. The molecule has 1 N–H and O–H groups in total. The second kappa shape index (κ2) is 6.52. The molecule has 0 aliphatic carbocycles. The van der Waals surface area contributed by atoms with Crippen molar-refractivity contribution in [2.24, 2.45) is 0 Å². The van der Waals surface area contributed by atoms with E-state index >= 15 is 0 Å². The van der Waals surface area contributed by atoms with E-state index in [1.807, 2.05) is 17.8 Å². The van der Waals surface area contributed by atoms with Gasteiger partial charge in [0.05, 0.1) is 11.4 Å². The van der Waals surface area contributed by atoms with Crippen molar-refractivity contribution in [1.29, 1.82) is 0 Å². The first-order chi connectivity index (χ1) is 9.20. The van der Waals surface area contributed by atoms with Crippen LogP contribution < -0.4 is 5.32 Å². The van der Waals surface area contributed by atoms with E-state index < -0.39 is 0 Å². The number of hydrogen-bond donors (Lipinski definition) is 1. The average molecular weight is 261 g/mol. The first kappa shape index (κ1) is 13.8. The summed E-state index contributed by atoms with van der Waals surface area (Å²) in [6, 6.07) is 4.19. The average Bonchev–Trinajstić information content (AvgIpc) is 2.95. The van der Waals surface area contributed by atoms with Gasteiger partial charge < -0.3 is 5.32 Å². The Labute approximate surface area is 114 Å². The molecule has 0 saturated carbocycles. The quantitative estimate of drug-likeness (QED) is 0.774. The molecule has 0 bridgehead atoms. The third kappa shape index (κ3) is 3.67. The predicted molar refractivity (Wildman–Crippen MR) is 75.9 cm³/mol. The van der Waals surface area contributed by atoms with Crippen LogP contribution in [0.3, 0.4) is 0 Å². The first-order valence-corrected chi connectivity index (χ1v) is 6.93. The molecule has 0 aliphatic rings. The van der Waals surface area contributed by atoms with Crippen LogP contribution >= 0.6 is 0 Å². The minimum atomic E-state index is 0.880. The normalized spacial score (nSPS) is 11.1. The number of aromatic nitrogens is 4. The summed E-state index contributed by atoms with van der Waals surface area (Å²) in [5, 5.41) is 12.2. The fourth-order valence-electron chi connectivity index (χ4n) is 2.27. The maximum absolute atomic E-state index is 4.46. The van der Waals surface area contributed by atoms with Crippen molar-refractivity contribution in [1.82, 2.24) is 24.9 Å². The topological polar surface area (TPSA) is 47.7 Å². The standard InChI is InChI=1S/C14H23N5/c1-4-18-14(6-8-16-18)11-15-7-5-9-19-13(3)10-12(2)17-19/h6,8,10,15H,4-5,7,9,11H2,1-3H3. The molecule has 2 aromatic heterocycles. The molecular weight excluding hydrogens is 238 g/mol. The summed E-state index contributed by atoms with van der Waals surface area (Å²) in [6.45, 7) is 10.0. The first-order valence-electron chi connectivity index (χ1n) is 6.93. The molecule has 0 fully saturated rings. The Morgan fingerprint density at radius 1 is 1.26 bits per heavy atom. The monoisotopic (exact) mass is 261 g/mol. The van der Waals surface area contributed by atoms with Crippen molar-refractivity contribution in [2.45, 2.75) is 46.8 Å². The van der Waals surface area contributed by atoms with E-state index in [9.17, 15) is 0 Å². The molecule has 0 amide bonds. The van der Waals surface area contributed by atoms with Gasteiger partial charge in [-0.1, -0.05) is 0 Å². The van der Waals surface area contributed by atoms with Crippen LogP contribution in [0.4, 0.5) is 0 Å². The van der Waals surface area contributed by atoms with Gasteiger partial charge in [0.2, 0.25) is 0 Å². The van der Waals surface area contributed by atoms with E-state index in [0.29, 0.717) is 0 Å². The molecule has 104 valence electrons. The highest BCUT2D eigenvalue weighted by molar-refractivity contribution is 5.06. The largest absolute Gasteiger partial charge is 0.311 e. The maximum atomic E-state index is 4.46. The van der Waals surface area contributed by atoms with E-state index in [1.165, 1.54) is 11.4 Å².